The largest absolute Gasteiger partial charge is 0.497 e. The topological polar surface area (TPSA) is 29.5 Å². The lowest BCUT2D eigenvalue weighted by molar-refractivity contribution is 0.0311. The van der Waals surface area contributed by atoms with Gasteiger partial charge in [-0.3, -0.25) is 0 Å². The van der Waals surface area contributed by atoms with Crippen LogP contribution in [0.2, 0.25) is 0 Å². The van der Waals surface area contributed by atoms with E-state index in [0.29, 0.717) is 11.8 Å². The second kappa shape index (κ2) is 5.13. The third-order valence-electron chi connectivity index (χ3n) is 6.67. The molecule has 1 fully saturated rings. The summed E-state index contributed by atoms with van der Waals surface area (Å²) in [4.78, 5) is 0. The highest BCUT2D eigenvalue weighted by atomic mass is 16.5. The van der Waals surface area contributed by atoms with E-state index in [2.05, 4.69) is 31.2 Å². The molecule has 1 aromatic carbocycles. The lowest BCUT2D eigenvalue weighted by Gasteiger charge is -2.48. The van der Waals surface area contributed by atoms with Crippen molar-refractivity contribution in [3.63, 3.8) is 0 Å². The van der Waals surface area contributed by atoms with Crippen LogP contribution in [0.15, 0.2) is 29.8 Å². The van der Waals surface area contributed by atoms with Crippen molar-refractivity contribution in [2.24, 2.45) is 11.3 Å². The maximum Gasteiger partial charge on any atom is 0.119 e. The summed E-state index contributed by atoms with van der Waals surface area (Å²) >= 11 is 0. The van der Waals surface area contributed by atoms with Crippen LogP contribution < -0.4 is 4.74 Å². The summed E-state index contributed by atoms with van der Waals surface area (Å²) in [5.41, 5.74) is 4.66. The average molecular weight is 298 g/mol. The number of aryl methyl sites for hydroxylation is 1. The second-order valence-electron chi connectivity index (χ2n) is 7.28. The first kappa shape index (κ1) is 14.3. The van der Waals surface area contributed by atoms with Crippen molar-refractivity contribution in [1.82, 2.24) is 0 Å². The Labute approximate surface area is 133 Å². The van der Waals surface area contributed by atoms with E-state index in [-0.39, 0.29) is 11.5 Å². The molecule has 3 aliphatic rings. The number of fused-ring (bicyclic) bond motifs is 5. The zero-order valence-corrected chi connectivity index (χ0v) is 13.6. The number of benzene rings is 1. The van der Waals surface area contributed by atoms with Gasteiger partial charge in [-0.25, -0.2) is 0 Å². The zero-order chi connectivity index (χ0) is 15.3. The van der Waals surface area contributed by atoms with Gasteiger partial charge in [0.05, 0.1) is 13.2 Å². The minimum atomic E-state index is -0.153. The summed E-state index contributed by atoms with van der Waals surface area (Å²) in [5, 5.41) is 10.6. The van der Waals surface area contributed by atoms with E-state index < -0.39 is 0 Å². The molecule has 118 valence electrons. The van der Waals surface area contributed by atoms with Gasteiger partial charge in [-0.1, -0.05) is 24.6 Å². The summed E-state index contributed by atoms with van der Waals surface area (Å²) in [6.45, 7) is 2.25. The molecule has 3 aliphatic carbocycles. The van der Waals surface area contributed by atoms with Crippen LogP contribution in [0, 0.1) is 11.3 Å². The van der Waals surface area contributed by atoms with Gasteiger partial charge in [-0.15, -0.1) is 0 Å². The highest BCUT2D eigenvalue weighted by Crippen LogP contribution is 2.60. The van der Waals surface area contributed by atoms with E-state index in [4.69, 9.17) is 4.74 Å². The molecule has 0 radical (unpaired) electrons. The maximum atomic E-state index is 10.6. The molecule has 2 nitrogen and oxygen atoms in total. The van der Waals surface area contributed by atoms with Gasteiger partial charge in [-0.05, 0) is 73.6 Å². The van der Waals surface area contributed by atoms with Gasteiger partial charge >= 0.3 is 0 Å². The molecule has 1 N–H and O–H groups in total. The Hall–Kier alpha value is -1.28. The fourth-order valence-electron chi connectivity index (χ4n) is 5.45. The molecule has 4 atom stereocenters. The monoisotopic (exact) mass is 298 g/mol. The summed E-state index contributed by atoms with van der Waals surface area (Å²) in [5.74, 6) is 2.23. The predicted molar refractivity (Wildman–Crippen MR) is 88.2 cm³/mol. The first-order chi connectivity index (χ1) is 10.7. The smallest absolute Gasteiger partial charge is 0.119 e. The Morgan fingerprint density at radius 1 is 1.27 bits per heavy atom. The third kappa shape index (κ3) is 1.83. The number of aliphatic hydroxyl groups is 1. The van der Waals surface area contributed by atoms with E-state index >= 15 is 0 Å². The van der Waals surface area contributed by atoms with Crippen LogP contribution in [0.4, 0.5) is 0 Å². The van der Waals surface area contributed by atoms with Crippen LogP contribution in [-0.4, -0.2) is 18.3 Å². The Balaban J connectivity index is 1.74. The third-order valence-corrected chi connectivity index (χ3v) is 6.67. The highest BCUT2D eigenvalue weighted by Gasteiger charge is 2.51. The first-order valence-corrected chi connectivity index (χ1v) is 8.75. The van der Waals surface area contributed by atoms with Gasteiger partial charge in [0.25, 0.3) is 0 Å². The van der Waals surface area contributed by atoms with Crippen LogP contribution in [0.1, 0.15) is 56.1 Å². The molecule has 0 heterocycles. The van der Waals surface area contributed by atoms with Crippen molar-refractivity contribution in [3.05, 3.63) is 41.0 Å². The molecule has 22 heavy (non-hydrogen) atoms. The molecule has 0 aliphatic heterocycles. The minimum Gasteiger partial charge on any atom is -0.497 e. The molecule has 4 rings (SSSR count). The van der Waals surface area contributed by atoms with Crippen molar-refractivity contribution >= 4 is 0 Å². The quantitative estimate of drug-likeness (QED) is 0.828. The average Bonchev–Trinajstić information content (AvgIpc) is 2.91. The molecule has 1 saturated carbocycles. The number of hydrogen-bond acceptors (Lipinski definition) is 2. The van der Waals surface area contributed by atoms with Gasteiger partial charge < -0.3 is 9.84 Å². The second-order valence-corrected chi connectivity index (χ2v) is 7.28. The summed E-state index contributed by atoms with van der Waals surface area (Å²) in [6, 6.07) is 6.61. The Bertz CT molecular complexity index is 618. The fourth-order valence-corrected chi connectivity index (χ4v) is 5.45. The molecule has 0 spiro atoms. The molecule has 2 heteroatoms. The van der Waals surface area contributed by atoms with E-state index in [0.717, 1.165) is 31.4 Å². The lowest BCUT2D eigenvalue weighted by atomic mass is 9.56. The zero-order valence-electron chi connectivity index (χ0n) is 13.6. The van der Waals surface area contributed by atoms with Crippen molar-refractivity contribution in [1.29, 1.82) is 0 Å². The van der Waals surface area contributed by atoms with Crippen LogP contribution in [-0.2, 0) is 6.42 Å². The van der Waals surface area contributed by atoms with Crippen LogP contribution in [0.25, 0.3) is 0 Å². The van der Waals surface area contributed by atoms with E-state index in [1.807, 2.05) is 0 Å². The van der Waals surface area contributed by atoms with Crippen molar-refractivity contribution in [3.8, 4) is 5.75 Å². The van der Waals surface area contributed by atoms with Crippen LogP contribution >= 0.6 is 0 Å². The lowest BCUT2D eigenvalue weighted by Crippen LogP contribution is -2.41. The van der Waals surface area contributed by atoms with Gasteiger partial charge in [0, 0.05) is 5.41 Å². The van der Waals surface area contributed by atoms with E-state index in [9.17, 15) is 5.11 Å². The highest BCUT2D eigenvalue weighted by molar-refractivity contribution is 5.44. The molecule has 0 bridgehead atoms. The van der Waals surface area contributed by atoms with Gasteiger partial charge in [0.15, 0.2) is 0 Å². The summed E-state index contributed by atoms with van der Waals surface area (Å²) < 4.78 is 5.45. The number of methoxy groups -OCH3 is 1. The van der Waals surface area contributed by atoms with E-state index in [1.54, 1.807) is 12.7 Å². The Morgan fingerprint density at radius 3 is 2.91 bits per heavy atom. The molecule has 0 amide bonds. The summed E-state index contributed by atoms with van der Waals surface area (Å²) in [7, 11) is 1.75. The number of rotatable bonds is 2. The van der Waals surface area contributed by atoms with Gasteiger partial charge in [0.1, 0.15) is 5.75 Å². The molecule has 1 aromatic rings. The minimum absolute atomic E-state index is 0.0809. The number of aliphatic hydroxyl groups excluding tert-OH is 1. The normalized spacial score (nSPS) is 36.1. The predicted octanol–water partition coefficient (Wildman–Crippen LogP) is 4.22. The first-order valence-electron chi connectivity index (χ1n) is 8.75. The number of hydrogen-bond donors (Lipinski definition) is 1. The Kier molecular flexibility index (Phi) is 3.34. The van der Waals surface area contributed by atoms with Gasteiger partial charge in [-0.2, -0.15) is 0 Å². The molecular weight excluding hydrogens is 272 g/mol. The Morgan fingerprint density at radius 2 is 2.14 bits per heavy atom. The molecule has 0 aromatic heterocycles. The standard InChI is InChI=1S/C20H26O2/c1-3-20-11-10-15-16(18(20)8-9-19(20)21)7-5-13-4-6-14(22-2)12-17(13)15/h4,6,8,12,15-16,19,21H,3,5,7,9-11H2,1-2H3/t15-,16+,19-,20-/m0/s1. The van der Waals surface area contributed by atoms with Crippen molar-refractivity contribution < 1.29 is 9.84 Å². The van der Waals surface area contributed by atoms with Crippen molar-refractivity contribution in [2.75, 3.05) is 7.11 Å². The van der Waals surface area contributed by atoms with Gasteiger partial charge in [0.2, 0.25) is 0 Å². The summed E-state index contributed by atoms with van der Waals surface area (Å²) in [6.07, 6.45) is 8.89. The maximum absolute atomic E-state index is 10.6. The molecule has 0 unspecified atom stereocenters. The molecular formula is C20H26O2. The SMILES string of the molecule is CC[C@]12CC[C@@H]3c4cc(OC)ccc4CC[C@H]3C1=CC[C@@H]2O. The molecule has 0 saturated heterocycles. The van der Waals surface area contributed by atoms with Crippen LogP contribution in [0.5, 0.6) is 5.75 Å². The fraction of sp³-hybridized carbons (Fsp3) is 0.600. The van der Waals surface area contributed by atoms with Crippen molar-refractivity contribution in [2.45, 2.75) is 57.5 Å². The number of ether oxygens (including phenoxy) is 1. The van der Waals surface area contributed by atoms with Crippen LogP contribution in [0.3, 0.4) is 0 Å². The van der Waals surface area contributed by atoms with E-state index in [1.165, 1.54) is 24.0 Å².